The molecule has 3 N–H and O–H groups in total. The minimum Gasteiger partial charge on any atom is -0.744 e. The Bertz CT molecular complexity index is 1170. The van der Waals surface area contributed by atoms with Crippen molar-refractivity contribution in [2.75, 3.05) is 0 Å². The first-order valence-corrected chi connectivity index (χ1v) is 11.5. The standard InChI is InChI=1S/C20H20N2O5S2.Na/c21-19(15-7-3-1-4-8-15)20(16-9-5-2-6-10-16)22-28(23,24)17-11-13-18(14-12-17)29(25,26)27;/h1-14,19-20,22H,21H2,(H,25,26,27);/q;+1/p-1. The second-order valence-electron chi connectivity index (χ2n) is 6.37. The molecule has 0 aliphatic heterocycles. The second kappa shape index (κ2) is 10.2. The molecule has 3 aromatic carbocycles. The number of hydrogen-bond donors (Lipinski definition) is 2. The molecule has 7 nitrogen and oxygen atoms in total. The van der Waals surface area contributed by atoms with Crippen LogP contribution in [-0.2, 0) is 20.1 Å². The molecular weight excluding hydrogens is 435 g/mol. The van der Waals surface area contributed by atoms with Crippen molar-refractivity contribution in [3.63, 3.8) is 0 Å². The quantitative estimate of drug-likeness (QED) is 0.359. The van der Waals surface area contributed by atoms with E-state index in [4.69, 9.17) is 5.73 Å². The van der Waals surface area contributed by atoms with E-state index in [9.17, 15) is 21.4 Å². The third kappa shape index (κ3) is 5.99. The van der Waals surface area contributed by atoms with Gasteiger partial charge in [-0.05, 0) is 35.4 Å². The van der Waals surface area contributed by atoms with Crippen molar-refractivity contribution in [3.8, 4) is 0 Å². The molecule has 0 amide bonds. The van der Waals surface area contributed by atoms with E-state index in [2.05, 4.69) is 4.72 Å². The number of rotatable bonds is 7. The van der Waals surface area contributed by atoms with Crippen molar-refractivity contribution >= 4 is 20.1 Å². The summed E-state index contributed by atoms with van der Waals surface area (Å²) in [5.74, 6) is 0. The Kier molecular flexibility index (Phi) is 8.37. The Morgan fingerprint density at radius 1 is 0.700 bits per heavy atom. The van der Waals surface area contributed by atoms with Crippen LogP contribution in [0.2, 0.25) is 0 Å². The predicted molar refractivity (Wildman–Crippen MR) is 107 cm³/mol. The molecular formula is C20H19N2NaO5S2. The Labute approximate surface area is 198 Å². The van der Waals surface area contributed by atoms with Gasteiger partial charge >= 0.3 is 29.6 Å². The van der Waals surface area contributed by atoms with Crippen molar-refractivity contribution in [1.29, 1.82) is 0 Å². The van der Waals surface area contributed by atoms with Crippen molar-refractivity contribution in [2.24, 2.45) is 5.73 Å². The summed E-state index contributed by atoms with van der Waals surface area (Å²) in [7, 11) is -8.72. The number of hydrogen-bond acceptors (Lipinski definition) is 6. The van der Waals surface area contributed by atoms with Gasteiger partial charge < -0.3 is 10.3 Å². The molecule has 0 radical (unpaired) electrons. The van der Waals surface area contributed by atoms with Gasteiger partial charge in [0.25, 0.3) is 0 Å². The molecule has 0 saturated carbocycles. The van der Waals surface area contributed by atoms with Crippen LogP contribution >= 0.6 is 0 Å². The van der Waals surface area contributed by atoms with Gasteiger partial charge in [0.1, 0.15) is 10.1 Å². The molecule has 0 fully saturated rings. The van der Waals surface area contributed by atoms with E-state index in [1.807, 2.05) is 36.4 Å². The molecule has 2 unspecified atom stereocenters. The summed E-state index contributed by atoms with van der Waals surface area (Å²) in [5, 5.41) is 0. The molecule has 0 aliphatic carbocycles. The molecule has 0 bridgehead atoms. The van der Waals surface area contributed by atoms with Crippen molar-refractivity contribution in [3.05, 3.63) is 96.1 Å². The molecule has 0 heterocycles. The van der Waals surface area contributed by atoms with Crippen LogP contribution in [-0.4, -0.2) is 21.4 Å². The monoisotopic (exact) mass is 454 g/mol. The van der Waals surface area contributed by atoms with Crippen LogP contribution in [0.25, 0.3) is 0 Å². The average molecular weight is 455 g/mol. The zero-order valence-electron chi connectivity index (χ0n) is 16.2. The van der Waals surface area contributed by atoms with E-state index in [-0.39, 0.29) is 34.5 Å². The third-order valence-corrected chi connectivity index (χ3v) is 6.71. The van der Waals surface area contributed by atoms with Crippen LogP contribution in [0.15, 0.2) is 94.7 Å². The predicted octanol–water partition coefficient (Wildman–Crippen LogP) is -0.686. The van der Waals surface area contributed by atoms with Crippen molar-refractivity contribution < 1.29 is 50.9 Å². The Hall–Kier alpha value is -1.56. The number of nitrogens with two attached hydrogens (primary N) is 1. The Morgan fingerprint density at radius 3 is 1.60 bits per heavy atom. The van der Waals surface area contributed by atoms with Gasteiger partial charge in [-0.2, -0.15) is 0 Å². The van der Waals surface area contributed by atoms with E-state index >= 15 is 0 Å². The summed E-state index contributed by atoms with van der Waals surface area (Å²) in [6.07, 6.45) is 0. The third-order valence-electron chi connectivity index (χ3n) is 4.41. The molecule has 3 rings (SSSR count). The summed E-state index contributed by atoms with van der Waals surface area (Å²) in [6, 6.07) is 20.6. The van der Waals surface area contributed by atoms with Gasteiger partial charge in [-0.3, -0.25) is 0 Å². The maximum atomic E-state index is 12.9. The SMILES string of the molecule is NC(c1ccccc1)C(NS(=O)(=O)c1ccc(S(=O)(=O)[O-])cc1)c1ccccc1.[Na+]. The van der Waals surface area contributed by atoms with E-state index in [1.165, 1.54) is 0 Å². The first-order chi connectivity index (χ1) is 13.7. The fourth-order valence-corrected chi connectivity index (χ4v) is 4.61. The van der Waals surface area contributed by atoms with Crippen LogP contribution in [0.1, 0.15) is 23.2 Å². The van der Waals surface area contributed by atoms with Gasteiger partial charge in [-0.15, -0.1) is 0 Å². The number of sulfonamides is 1. The zero-order chi connectivity index (χ0) is 21.1. The molecule has 0 spiro atoms. The maximum Gasteiger partial charge on any atom is 1.00 e. The average Bonchev–Trinajstić information content (AvgIpc) is 2.72. The zero-order valence-corrected chi connectivity index (χ0v) is 19.8. The topological polar surface area (TPSA) is 129 Å². The van der Waals surface area contributed by atoms with E-state index in [0.717, 1.165) is 29.8 Å². The fraction of sp³-hybridized carbons (Fsp3) is 0.100. The molecule has 0 aromatic heterocycles. The Morgan fingerprint density at radius 2 is 1.13 bits per heavy atom. The van der Waals surface area contributed by atoms with Gasteiger partial charge in [0.2, 0.25) is 10.0 Å². The maximum absolute atomic E-state index is 12.9. The summed E-state index contributed by atoms with van der Waals surface area (Å²) < 4.78 is 61.6. The largest absolute Gasteiger partial charge is 1.00 e. The van der Waals surface area contributed by atoms with Crippen LogP contribution in [0.5, 0.6) is 0 Å². The summed E-state index contributed by atoms with van der Waals surface area (Å²) in [5.41, 5.74) is 7.81. The Balaban J connectivity index is 0.00000320. The smallest absolute Gasteiger partial charge is 0.744 e. The van der Waals surface area contributed by atoms with Gasteiger partial charge in [-0.1, -0.05) is 60.7 Å². The van der Waals surface area contributed by atoms with Crippen molar-refractivity contribution in [2.45, 2.75) is 21.9 Å². The number of nitrogens with one attached hydrogen (secondary N) is 1. The molecule has 10 heteroatoms. The van der Waals surface area contributed by atoms with E-state index < -0.39 is 37.1 Å². The van der Waals surface area contributed by atoms with Crippen LogP contribution in [0.3, 0.4) is 0 Å². The molecule has 30 heavy (non-hydrogen) atoms. The molecule has 3 aromatic rings. The molecule has 0 aliphatic rings. The molecule has 2 atom stereocenters. The van der Waals surface area contributed by atoms with Crippen LogP contribution in [0.4, 0.5) is 0 Å². The number of benzene rings is 3. The molecule has 152 valence electrons. The summed E-state index contributed by atoms with van der Waals surface area (Å²) in [6.45, 7) is 0. The van der Waals surface area contributed by atoms with E-state index in [1.54, 1.807) is 24.3 Å². The van der Waals surface area contributed by atoms with E-state index in [0.29, 0.717) is 5.56 Å². The van der Waals surface area contributed by atoms with Gasteiger partial charge in [0.15, 0.2) is 0 Å². The van der Waals surface area contributed by atoms with Gasteiger partial charge in [0, 0.05) is 0 Å². The second-order valence-corrected chi connectivity index (χ2v) is 9.47. The normalized spacial score (nSPS) is 13.8. The first-order valence-electron chi connectivity index (χ1n) is 8.62. The fourth-order valence-electron chi connectivity index (χ4n) is 2.90. The minimum absolute atomic E-state index is 0. The minimum atomic E-state index is -4.67. The van der Waals surface area contributed by atoms with Crippen LogP contribution < -0.4 is 40.0 Å². The van der Waals surface area contributed by atoms with Crippen LogP contribution in [0, 0.1) is 0 Å². The summed E-state index contributed by atoms with van der Waals surface area (Å²) >= 11 is 0. The van der Waals surface area contributed by atoms with Gasteiger partial charge in [-0.25, -0.2) is 21.6 Å². The van der Waals surface area contributed by atoms with Gasteiger partial charge in [0.05, 0.1) is 21.9 Å². The summed E-state index contributed by atoms with van der Waals surface area (Å²) in [4.78, 5) is -0.678. The van der Waals surface area contributed by atoms with Crippen molar-refractivity contribution in [1.82, 2.24) is 4.72 Å². The molecule has 0 saturated heterocycles. The first kappa shape index (κ1) is 24.7.